The smallest absolute Gasteiger partial charge is 0.223 e. The van der Waals surface area contributed by atoms with Gasteiger partial charge in [-0.05, 0) is 57.8 Å². The third-order valence-corrected chi connectivity index (χ3v) is 5.36. The Morgan fingerprint density at radius 2 is 1.96 bits per heavy atom. The SMILES string of the molecule is CCN(CC)C(=O)C[C@@H]1CC2(CCNCC2)Oc2ccccc21. The van der Waals surface area contributed by atoms with Crippen LogP contribution in [0.25, 0.3) is 0 Å². The minimum absolute atomic E-state index is 0.0895. The molecular weight excluding hydrogens is 288 g/mol. The number of fused-ring (bicyclic) bond motifs is 1. The molecule has 3 rings (SSSR count). The van der Waals surface area contributed by atoms with Gasteiger partial charge < -0.3 is 15.0 Å². The number of hydrogen-bond acceptors (Lipinski definition) is 3. The molecule has 0 unspecified atom stereocenters. The highest BCUT2D eigenvalue weighted by Crippen LogP contribution is 2.45. The van der Waals surface area contributed by atoms with Crippen molar-refractivity contribution >= 4 is 5.91 Å². The minimum Gasteiger partial charge on any atom is -0.487 e. The Hall–Kier alpha value is -1.55. The lowest BCUT2D eigenvalue weighted by Gasteiger charge is -2.45. The molecule has 1 spiro atoms. The molecule has 4 nitrogen and oxygen atoms in total. The fourth-order valence-corrected chi connectivity index (χ4v) is 4.03. The fourth-order valence-electron chi connectivity index (χ4n) is 4.03. The number of carbonyl (C=O) groups is 1. The largest absolute Gasteiger partial charge is 0.487 e. The number of piperidine rings is 1. The lowest BCUT2D eigenvalue weighted by molar-refractivity contribution is -0.131. The number of nitrogens with one attached hydrogen (secondary N) is 1. The van der Waals surface area contributed by atoms with Gasteiger partial charge >= 0.3 is 0 Å². The Bertz CT molecular complexity index is 548. The first-order chi connectivity index (χ1) is 11.2. The van der Waals surface area contributed by atoms with Gasteiger partial charge in [0.05, 0.1) is 0 Å². The molecule has 1 saturated heterocycles. The van der Waals surface area contributed by atoms with Crippen LogP contribution in [0.5, 0.6) is 5.75 Å². The highest BCUT2D eigenvalue weighted by molar-refractivity contribution is 5.77. The van der Waals surface area contributed by atoms with Crippen LogP contribution in [-0.2, 0) is 4.79 Å². The Labute approximate surface area is 139 Å². The molecule has 23 heavy (non-hydrogen) atoms. The second-order valence-corrected chi connectivity index (χ2v) is 6.74. The average molecular weight is 316 g/mol. The van der Waals surface area contributed by atoms with Crippen LogP contribution in [-0.4, -0.2) is 42.6 Å². The lowest BCUT2D eigenvalue weighted by Crippen LogP contribution is -2.49. The molecule has 2 heterocycles. The van der Waals surface area contributed by atoms with Gasteiger partial charge in [-0.3, -0.25) is 4.79 Å². The first kappa shape index (κ1) is 16.3. The van der Waals surface area contributed by atoms with Crippen LogP contribution in [0, 0.1) is 0 Å². The summed E-state index contributed by atoms with van der Waals surface area (Å²) in [6, 6.07) is 8.27. The third-order valence-electron chi connectivity index (χ3n) is 5.36. The maximum Gasteiger partial charge on any atom is 0.223 e. The summed E-state index contributed by atoms with van der Waals surface area (Å²) >= 11 is 0. The topological polar surface area (TPSA) is 41.6 Å². The number of hydrogen-bond donors (Lipinski definition) is 1. The lowest BCUT2D eigenvalue weighted by atomic mass is 9.76. The molecule has 2 aliphatic heterocycles. The third kappa shape index (κ3) is 3.37. The number of benzene rings is 1. The highest BCUT2D eigenvalue weighted by Gasteiger charge is 2.42. The number of amides is 1. The molecular formula is C19H28N2O2. The van der Waals surface area contributed by atoms with E-state index < -0.39 is 0 Å². The quantitative estimate of drug-likeness (QED) is 0.928. The molecule has 1 atom stereocenters. The van der Waals surface area contributed by atoms with Gasteiger partial charge in [-0.2, -0.15) is 0 Å². The van der Waals surface area contributed by atoms with Gasteiger partial charge in [0.1, 0.15) is 11.4 Å². The van der Waals surface area contributed by atoms with Crippen molar-refractivity contribution in [2.24, 2.45) is 0 Å². The summed E-state index contributed by atoms with van der Waals surface area (Å²) in [6.07, 6.45) is 3.60. The van der Waals surface area contributed by atoms with Crippen LogP contribution in [0.1, 0.15) is 51.0 Å². The number of para-hydroxylation sites is 1. The van der Waals surface area contributed by atoms with Gasteiger partial charge in [-0.15, -0.1) is 0 Å². The van der Waals surface area contributed by atoms with Crippen LogP contribution >= 0.6 is 0 Å². The van der Waals surface area contributed by atoms with E-state index in [-0.39, 0.29) is 17.4 Å². The molecule has 126 valence electrons. The van der Waals surface area contributed by atoms with E-state index >= 15 is 0 Å². The van der Waals surface area contributed by atoms with E-state index in [0.29, 0.717) is 6.42 Å². The molecule has 1 fully saturated rings. The van der Waals surface area contributed by atoms with Crippen molar-refractivity contribution in [1.29, 1.82) is 0 Å². The molecule has 1 amide bonds. The van der Waals surface area contributed by atoms with Crippen LogP contribution in [0.3, 0.4) is 0 Å². The highest BCUT2D eigenvalue weighted by atomic mass is 16.5. The number of nitrogens with zero attached hydrogens (tertiary/aromatic N) is 1. The number of ether oxygens (including phenoxy) is 1. The Balaban J connectivity index is 1.84. The predicted octanol–water partition coefficient (Wildman–Crippen LogP) is 2.93. The Morgan fingerprint density at radius 1 is 1.26 bits per heavy atom. The van der Waals surface area contributed by atoms with Gasteiger partial charge in [-0.25, -0.2) is 0 Å². The molecule has 4 heteroatoms. The van der Waals surface area contributed by atoms with Gasteiger partial charge in [-0.1, -0.05) is 18.2 Å². The van der Waals surface area contributed by atoms with Crippen LogP contribution < -0.4 is 10.1 Å². The van der Waals surface area contributed by atoms with E-state index in [1.807, 2.05) is 24.8 Å². The molecule has 1 N–H and O–H groups in total. The number of rotatable bonds is 4. The predicted molar refractivity (Wildman–Crippen MR) is 91.8 cm³/mol. The molecule has 2 aliphatic rings. The standard InChI is InChI=1S/C19H28N2O2/c1-3-21(4-2)18(22)13-15-14-19(9-11-20-12-10-19)23-17-8-6-5-7-16(15)17/h5-8,15,20H,3-4,9-14H2,1-2H3/t15-/m1/s1. The van der Waals surface area contributed by atoms with Crippen molar-refractivity contribution < 1.29 is 9.53 Å². The van der Waals surface area contributed by atoms with E-state index in [0.717, 1.165) is 51.2 Å². The summed E-state index contributed by atoms with van der Waals surface area (Å²) in [4.78, 5) is 14.6. The van der Waals surface area contributed by atoms with Crippen molar-refractivity contribution in [2.45, 2.75) is 51.0 Å². The average Bonchev–Trinajstić information content (AvgIpc) is 2.56. The van der Waals surface area contributed by atoms with Gasteiger partial charge in [0.2, 0.25) is 5.91 Å². The first-order valence-corrected chi connectivity index (χ1v) is 8.94. The second-order valence-electron chi connectivity index (χ2n) is 6.74. The maximum absolute atomic E-state index is 12.6. The molecule has 0 saturated carbocycles. The monoisotopic (exact) mass is 316 g/mol. The van der Waals surface area contributed by atoms with Gasteiger partial charge in [0.15, 0.2) is 0 Å². The van der Waals surface area contributed by atoms with Crippen molar-refractivity contribution in [1.82, 2.24) is 10.2 Å². The van der Waals surface area contributed by atoms with Crippen molar-refractivity contribution in [2.75, 3.05) is 26.2 Å². The van der Waals surface area contributed by atoms with Gasteiger partial charge in [0.25, 0.3) is 0 Å². The Kier molecular flexibility index (Phi) is 4.90. The van der Waals surface area contributed by atoms with Crippen molar-refractivity contribution in [3.8, 4) is 5.75 Å². The van der Waals surface area contributed by atoms with E-state index in [1.165, 1.54) is 5.56 Å². The molecule has 1 aromatic rings. The number of carbonyl (C=O) groups excluding carboxylic acids is 1. The van der Waals surface area contributed by atoms with Crippen LogP contribution in [0.4, 0.5) is 0 Å². The zero-order valence-electron chi connectivity index (χ0n) is 14.3. The van der Waals surface area contributed by atoms with Crippen LogP contribution in [0.2, 0.25) is 0 Å². The molecule has 0 bridgehead atoms. The zero-order chi connectivity index (χ0) is 16.3. The van der Waals surface area contributed by atoms with Crippen molar-refractivity contribution in [3.05, 3.63) is 29.8 Å². The fraction of sp³-hybridized carbons (Fsp3) is 0.632. The summed E-state index contributed by atoms with van der Waals surface area (Å²) in [5, 5.41) is 3.42. The summed E-state index contributed by atoms with van der Waals surface area (Å²) in [5.74, 6) is 1.52. The molecule has 1 aromatic carbocycles. The van der Waals surface area contributed by atoms with Crippen molar-refractivity contribution in [3.63, 3.8) is 0 Å². The van der Waals surface area contributed by atoms with Crippen LogP contribution in [0.15, 0.2) is 24.3 Å². The van der Waals surface area contributed by atoms with E-state index in [4.69, 9.17) is 4.74 Å². The van der Waals surface area contributed by atoms with E-state index in [1.54, 1.807) is 0 Å². The molecule has 0 radical (unpaired) electrons. The summed E-state index contributed by atoms with van der Waals surface area (Å²) in [5.41, 5.74) is 1.12. The maximum atomic E-state index is 12.6. The molecule has 0 aliphatic carbocycles. The van der Waals surface area contributed by atoms with E-state index in [9.17, 15) is 4.79 Å². The second kappa shape index (κ2) is 6.91. The zero-order valence-corrected chi connectivity index (χ0v) is 14.3. The minimum atomic E-state index is -0.0895. The first-order valence-electron chi connectivity index (χ1n) is 8.94. The van der Waals surface area contributed by atoms with Gasteiger partial charge in [0, 0.05) is 25.4 Å². The normalized spacial score (nSPS) is 22.3. The summed E-state index contributed by atoms with van der Waals surface area (Å²) < 4.78 is 6.42. The molecule has 0 aromatic heterocycles. The summed E-state index contributed by atoms with van der Waals surface area (Å²) in [6.45, 7) is 7.67. The summed E-state index contributed by atoms with van der Waals surface area (Å²) in [7, 11) is 0. The van der Waals surface area contributed by atoms with E-state index in [2.05, 4.69) is 23.5 Å². The Morgan fingerprint density at radius 3 is 2.65 bits per heavy atom.